The molecule has 42 heavy (non-hydrogen) atoms. The number of fused-ring (bicyclic) bond motifs is 1. The van der Waals surface area contributed by atoms with Gasteiger partial charge >= 0.3 is 6.03 Å². The summed E-state index contributed by atoms with van der Waals surface area (Å²) in [6.45, 7) is 4.23. The number of nitrogens with one attached hydrogen (secondary N) is 1. The van der Waals surface area contributed by atoms with E-state index in [0.29, 0.717) is 49.1 Å². The van der Waals surface area contributed by atoms with Crippen molar-refractivity contribution in [1.82, 2.24) is 14.6 Å². The summed E-state index contributed by atoms with van der Waals surface area (Å²) < 4.78 is 40.4. The highest BCUT2D eigenvalue weighted by molar-refractivity contribution is 6.03. The van der Waals surface area contributed by atoms with Crippen LogP contribution in [-0.4, -0.2) is 68.0 Å². The number of benzene rings is 3. The van der Waals surface area contributed by atoms with E-state index in [2.05, 4.69) is 10.2 Å². The van der Waals surface area contributed by atoms with Gasteiger partial charge in [0.1, 0.15) is 23.1 Å². The number of halogens is 2. The maximum Gasteiger partial charge on any atom is 0.327 e. The Morgan fingerprint density at radius 3 is 2.31 bits per heavy atom. The van der Waals surface area contributed by atoms with Crippen LogP contribution in [0.25, 0.3) is 10.9 Å². The van der Waals surface area contributed by atoms with Gasteiger partial charge in [-0.05, 0) is 62.5 Å². The zero-order valence-electron chi connectivity index (χ0n) is 23.8. The summed E-state index contributed by atoms with van der Waals surface area (Å²) in [5.41, 5.74) is 0.528. The van der Waals surface area contributed by atoms with Gasteiger partial charge in [0.2, 0.25) is 0 Å². The van der Waals surface area contributed by atoms with Crippen LogP contribution in [0.4, 0.5) is 25.0 Å². The second-order valence-corrected chi connectivity index (χ2v) is 10.0. The number of ether oxygens (including phenoxy) is 2. The zero-order valence-corrected chi connectivity index (χ0v) is 23.8. The number of piperazine rings is 1. The number of amides is 2. The molecule has 0 spiro atoms. The minimum Gasteiger partial charge on any atom is -0.497 e. The van der Waals surface area contributed by atoms with E-state index in [4.69, 9.17) is 14.5 Å². The molecule has 0 saturated carbocycles. The molecule has 1 aliphatic rings. The van der Waals surface area contributed by atoms with E-state index in [1.165, 1.54) is 66.3 Å². The van der Waals surface area contributed by atoms with E-state index in [1.54, 1.807) is 25.1 Å². The van der Waals surface area contributed by atoms with Crippen LogP contribution in [0.3, 0.4) is 0 Å². The maximum absolute atomic E-state index is 14.3. The molecule has 1 atom stereocenters. The Kier molecular flexibility index (Phi) is 8.25. The van der Waals surface area contributed by atoms with Crippen molar-refractivity contribution in [3.63, 3.8) is 0 Å². The molecule has 10 nitrogen and oxygen atoms in total. The number of carbonyl (C=O) groups excluding carboxylic acids is 1. The summed E-state index contributed by atoms with van der Waals surface area (Å²) in [5.74, 6) is 0.0910. The first-order chi connectivity index (χ1) is 20.2. The van der Waals surface area contributed by atoms with Crippen LogP contribution in [0.2, 0.25) is 0 Å². The summed E-state index contributed by atoms with van der Waals surface area (Å²) in [7, 11) is 4.99. The van der Waals surface area contributed by atoms with E-state index in [9.17, 15) is 18.4 Å². The molecular weight excluding hydrogens is 546 g/mol. The fourth-order valence-corrected chi connectivity index (χ4v) is 5.02. The third-order valence-electron chi connectivity index (χ3n) is 7.32. The molecule has 1 unspecified atom stereocenters. The molecule has 1 aliphatic heterocycles. The van der Waals surface area contributed by atoms with Crippen molar-refractivity contribution in [2.75, 3.05) is 62.7 Å². The van der Waals surface area contributed by atoms with Crippen LogP contribution >= 0.6 is 0 Å². The number of aromatic nitrogens is 2. The lowest BCUT2D eigenvalue weighted by Crippen LogP contribution is -2.55. The van der Waals surface area contributed by atoms with E-state index >= 15 is 0 Å². The Hall–Kier alpha value is -4.71. The molecule has 1 saturated heterocycles. The van der Waals surface area contributed by atoms with Crippen LogP contribution in [0.15, 0.2) is 65.5 Å². The monoisotopic (exact) mass is 578 g/mol. The highest BCUT2D eigenvalue weighted by atomic mass is 19.1. The highest BCUT2D eigenvalue weighted by Gasteiger charge is 2.32. The molecule has 2 amide bonds. The van der Waals surface area contributed by atoms with Crippen molar-refractivity contribution in [1.29, 1.82) is 0 Å². The van der Waals surface area contributed by atoms with E-state index in [-0.39, 0.29) is 22.3 Å². The van der Waals surface area contributed by atoms with Gasteiger partial charge < -0.3 is 24.7 Å². The molecule has 12 heteroatoms. The van der Waals surface area contributed by atoms with E-state index < -0.39 is 23.7 Å². The molecule has 2 heterocycles. The summed E-state index contributed by atoms with van der Waals surface area (Å²) in [5, 5.41) is 4.96. The predicted molar refractivity (Wildman–Crippen MR) is 157 cm³/mol. The third kappa shape index (κ3) is 5.70. The number of hydrogen-bond acceptors (Lipinski definition) is 7. The fraction of sp³-hybridized carbons (Fsp3) is 0.300. The summed E-state index contributed by atoms with van der Waals surface area (Å²) >= 11 is 0. The van der Waals surface area contributed by atoms with Gasteiger partial charge in [0.15, 0.2) is 5.82 Å². The SMILES string of the molecule is COc1ccc(N(C(=O)Nc2ccc(F)cc2)C(C)c2nc3cc(F)ccc3c(=O)n2N2CCN(C)CC2)c(OC)c1. The van der Waals surface area contributed by atoms with Crippen LogP contribution in [0.1, 0.15) is 18.8 Å². The molecule has 220 valence electrons. The fourth-order valence-electron chi connectivity index (χ4n) is 5.02. The Balaban J connectivity index is 1.69. The Morgan fingerprint density at radius 2 is 1.64 bits per heavy atom. The average Bonchev–Trinajstić information content (AvgIpc) is 2.99. The second-order valence-electron chi connectivity index (χ2n) is 10.0. The minimum atomic E-state index is -0.868. The number of likely N-dealkylation sites (N-methyl/N-ethyl adjacent to an activating group) is 1. The number of methoxy groups -OCH3 is 2. The molecule has 4 aromatic rings. The summed E-state index contributed by atoms with van der Waals surface area (Å²) in [6.07, 6.45) is 0. The van der Waals surface area contributed by atoms with Crippen LogP contribution in [-0.2, 0) is 0 Å². The van der Waals surface area contributed by atoms with Gasteiger partial charge in [0, 0.05) is 44.0 Å². The molecule has 1 N–H and O–H groups in total. The number of hydrogen-bond donors (Lipinski definition) is 1. The topological polar surface area (TPSA) is 92.2 Å². The number of carbonyl (C=O) groups is 1. The van der Waals surface area contributed by atoms with E-state index in [1.807, 2.05) is 12.1 Å². The van der Waals surface area contributed by atoms with Crippen LogP contribution in [0, 0.1) is 11.6 Å². The van der Waals surface area contributed by atoms with Crippen molar-refractivity contribution in [3.05, 3.63) is 88.5 Å². The molecule has 5 rings (SSSR count). The molecular formula is C30H32F2N6O4. The van der Waals surface area contributed by atoms with E-state index in [0.717, 1.165) is 0 Å². The van der Waals surface area contributed by atoms with Crippen LogP contribution in [0.5, 0.6) is 11.5 Å². The quantitative estimate of drug-likeness (QED) is 0.348. The van der Waals surface area contributed by atoms with Crippen molar-refractivity contribution >= 4 is 28.3 Å². The van der Waals surface area contributed by atoms with Crippen molar-refractivity contribution in [2.24, 2.45) is 0 Å². The number of nitrogens with zero attached hydrogens (tertiary/aromatic N) is 5. The highest BCUT2D eigenvalue weighted by Crippen LogP contribution is 2.37. The van der Waals surface area contributed by atoms with Gasteiger partial charge in [-0.15, -0.1) is 0 Å². The largest absolute Gasteiger partial charge is 0.497 e. The first-order valence-electron chi connectivity index (χ1n) is 13.4. The van der Waals surface area contributed by atoms with Crippen molar-refractivity contribution in [2.45, 2.75) is 13.0 Å². The normalized spacial score (nSPS) is 14.5. The first kappa shape index (κ1) is 28.8. The van der Waals surface area contributed by atoms with Gasteiger partial charge in [0.05, 0.1) is 36.9 Å². The first-order valence-corrected chi connectivity index (χ1v) is 13.4. The van der Waals surface area contributed by atoms with Gasteiger partial charge in [-0.1, -0.05) is 0 Å². The number of rotatable bonds is 7. The van der Waals surface area contributed by atoms with Gasteiger partial charge in [-0.2, -0.15) is 0 Å². The molecule has 0 radical (unpaired) electrons. The van der Waals surface area contributed by atoms with Gasteiger partial charge in [-0.25, -0.2) is 23.2 Å². The smallest absolute Gasteiger partial charge is 0.327 e. The predicted octanol–water partition coefficient (Wildman–Crippen LogP) is 4.38. The molecule has 3 aromatic carbocycles. The Bertz CT molecular complexity index is 1650. The lowest BCUT2D eigenvalue weighted by atomic mass is 10.1. The van der Waals surface area contributed by atoms with Gasteiger partial charge in [-0.3, -0.25) is 9.69 Å². The standard InChI is InChI=1S/C30H32F2N6O4/c1-19(28-34-25-17-21(32)7-11-24(25)29(39)38(28)36-15-13-35(2)14-16-36)37(26-12-10-23(41-3)18-27(26)42-4)30(40)33-22-8-5-20(31)6-9-22/h5-12,17-19H,13-16H2,1-4H3,(H,33,40). The lowest BCUT2D eigenvalue weighted by molar-refractivity contribution is 0.253. The Morgan fingerprint density at radius 1 is 0.952 bits per heavy atom. The van der Waals surface area contributed by atoms with Crippen molar-refractivity contribution < 1.29 is 23.0 Å². The molecule has 0 bridgehead atoms. The molecule has 0 aliphatic carbocycles. The zero-order chi connectivity index (χ0) is 30.0. The third-order valence-corrected chi connectivity index (χ3v) is 7.32. The van der Waals surface area contributed by atoms with Gasteiger partial charge in [0.25, 0.3) is 5.56 Å². The second kappa shape index (κ2) is 12.0. The molecule has 1 aromatic heterocycles. The molecule has 1 fully saturated rings. The van der Waals surface area contributed by atoms with Crippen LogP contribution < -0.4 is 30.3 Å². The minimum absolute atomic E-state index is 0.174. The maximum atomic E-state index is 14.3. The summed E-state index contributed by atoms with van der Waals surface area (Å²) in [4.78, 5) is 36.3. The number of urea groups is 1. The van der Waals surface area contributed by atoms with Crippen molar-refractivity contribution in [3.8, 4) is 11.5 Å². The Labute approximate surface area is 241 Å². The summed E-state index contributed by atoms with van der Waals surface area (Å²) in [6, 6.07) is 12.7. The lowest BCUT2D eigenvalue weighted by Gasteiger charge is -2.38. The average molecular weight is 579 g/mol. The number of anilines is 2.